The Hall–Kier alpha value is -2.17. The number of carbonyl (C=O) groups excluding carboxylic acids is 3. The van der Waals surface area contributed by atoms with E-state index in [2.05, 4.69) is 5.32 Å². The minimum absolute atomic E-state index is 0.136. The van der Waals surface area contributed by atoms with Gasteiger partial charge in [-0.25, -0.2) is 0 Å². The molecule has 17 heavy (non-hydrogen) atoms. The smallest absolute Gasteiger partial charge is 0.231 e. The first-order chi connectivity index (χ1) is 7.97. The molecular weight excluding hydrogens is 220 g/mol. The Morgan fingerprint density at radius 1 is 1.18 bits per heavy atom. The molecule has 1 rings (SSSR count). The Balaban J connectivity index is 2.59. The van der Waals surface area contributed by atoms with E-state index in [9.17, 15) is 14.4 Å². The van der Waals surface area contributed by atoms with Crippen molar-refractivity contribution in [2.24, 2.45) is 5.73 Å². The van der Waals surface area contributed by atoms with E-state index in [0.717, 1.165) is 5.56 Å². The van der Waals surface area contributed by atoms with Crippen LogP contribution in [0.3, 0.4) is 0 Å². The third-order valence-electron chi connectivity index (χ3n) is 2.03. The van der Waals surface area contributed by atoms with E-state index < -0.39 is 5.91 Å². The molecule has 0 radical (unpaired) electrons. The van der Waals surface area contributed by atoms with E-state index in [1.54, 1.807) is 24.3 Å². The van der Waals surface area contributed by atoms with Crippen molar-refractivity contribution in [1.82, 2.24) is 0 Å². The molecule has 0 saturated heterocycles. The highest BCUT2D eigenvalue weighted by molar-refractivity contribution is 6.03. The van der Waals surface area contributed by atoms with Gasteiger partial charge in [-0.15, -0.1) is 0 Å². The quantitative estimate of drug-likeness (QED) is 0.732. The van der Waals surface area contributed by atoms with Crippen LogP contribution in [0, 0.1) is 0 Å². The Morgan fingerprint density at radius 2 is 1.76 bits per heavy atom. The van der Waals surface area contributed by atoms with Gasteiger partial charge >= 0.3 is 0 Å². The normalized spacial score (nSPS) is 9.71. The highest BCUT2D eigenvalue weighted by Crippen LogP contribution is 2.10. The molecule has 0 spiro atoms. The molecule has 5 heteroatoms. The lowest BCUT2D eigenvalue weighted by Gasteiger charge is -2.04. The van der Waals surface area contributed by atoms with Gasteiger partial charge in [-0.3, -0.25) is 14.4 Å². The van der Waals surface area contributed by atoms with Gasteiger partial charge in [-0.05, 0) is 24.6 Å². The van der Waals surface area contributed by atoms with Gasteiger partial charge in [0.05, 0.1) is 12.8 Å². The Labute approximate surface area is 99.0 Å². The number of anilines is 1. The van der Waals surface area contributed by atoms with Crippen molar-refractivity contribution >= 4 is 23.3 Å². The Bertz CT molecular complexity index is 438. The van der Waals surface area contributed by atoms with Crippen LogP contribution in [0.25, 0.3) is 0 Å². The summed E-state index contributed by atoms with van der Waals surface area (Å²) in [5.74, 6) is -0.939. The van der Waals surface area contributed by atoms with Crippen LogP contribution >= 0.6 is 0 Å². The van der Waals surface area contributed by atoms with Crippen LogP contribution < -0.4 is 11.1 Å². The number of Topliss-reactive ketones (excluding diaryl/α,β-unsaturated/α-hetero) is 1. The average Bonchev–Trinajstić information content (AvgIpc) is 2.18. The maximum absolute atomic E-state index is 11.3. The monoisotopic (exact) mass is 234 g/mol. The molecule has 3 N–H and O–H groups in total. The van der Waals surface area contributed by atoms with Gasteiger partial charge < -0.3 is 11.1 Å². The fourth-order valence-electron chi connectivity index (χ4n) is 1.34. The number of carbonyl (C=O) groups is 3. The zero-order valence-electron chi connectivity index (χ0n) is 9.53. The minimum Gasteiger partial charge on any atom is -0.369 e. The molecule has 0 saturated carbocycles. The predicted molar refractivity (Wildman–Crippen MR) is 63.3 cm³/mol. The van der Waals surface area contributed by atoms with Crippen molar-refractivity contribution in [3.63, 3.8) is 0 Å². The first kappa shape index (κ1) is 12.9. The van der Waals surface area contributed by atoms with E-state index in [4.69, 9.17) is 5.73 Å². The van der Waals surface area contributed by atoms with Crippen molar-refractivity contribution in [1.29, 1.82) is 0 Å². The number of hydrogen-bond acceptors (Lipinski definition) is 3. The molecule has 0 heterocycles. The molecule has 5 nitrogen and oxygen atoms in total. The maximum atomic E-state index is 11.3. The summed E-state index contributed by atoms with van der Waals surface area (Å²) in [5.41, 5.74) is 6.42. The zero-order chi connectivity index (χ0) is 12.8. The summed E-state index contributed by atoms with van der Waals surface area (Å²) < 4.78 is 0. The van der Waals surface area contributed by atoms with E-state index in [-0.39, 0.29) is 24.5 Å². The van der Waals surface area contributed by atoms with Crippen molar-refractivity contribution < 1.29 is 14.4 Å². The van der Waals surface area contributed by atoms with Gasteiger partial charge in [0.1, 0.15) is 5.78 Å². The lowest BCUT2D eigenvalue weighted by molar-refractivity contribution is -0.124. The van der Waals surface area contributed by atoms with Crippen LogP contribution in [0.4, 0.5) is 5.69 Å². The largest absolute Gasteiger partial charge is 0.369 e. The number of nitrogens with one attached hydrogen (secondary N) is 1. The van der Waals surface area contributed by atoms with Crippen LogP contribution in [-0.4, -0.2) is 17.6 Å². The molecule has 0 fully saturated rings. The number of benzene rings is 1. The number of primary amides is 1. The van der Waals surface area contributed by atoms with Crippen LogP contribution in [0.5, 0.6) is 0 Å². The zero-order valence-corrected chi connectivity index (χ0v) is 9.53. The summed E-state index contributed by atoms with van der Waals surface area (Å²) in [6.07, 6.45) is 0.0325. The first-order valence-electron chi connectivity index (χ1n) is 5.14. The summed E-state index contributed by atoms with van der Waals surface area (Å²) >= 11 is 0. The maximum Gasteiger partial charge on any atom is 0.231 e. The molecule has 0 unspecified atom stereocenters. The molecule has 0 aromatic heterocycles. The SMILES string of the molecule is CC(=O)CC(=O)Nc1ccc(CC(N)=O)cc1. The third kappa shape index (κ3) is 4.92. The van der Waals surface area contributed by atoms with Gasteiger partial charge in [0.2, 0.25) is 11.8 Å². The predicted octanol–water partition coefficient (Wildman–Crippen LogP) is 0.632. The summed E-state index contributed by atoms with van der Waals surface area (Å²) in [6.45, 7) is 1.36. The van der Waals surface area contributed by atoms with Crippen molar-refractivity contribution in [3.8, 4) is 0 Å². The van der Waals surface area contributed by atoms with Gasteiger partial charge in [-0.1, -0.05) is 12.1 Å². The third-order valence-corrected chi connectivity index (χ3v) is 2.03. The number of rotatable bonds is 5. The molecule has 1 aromatic carbocycles. The molecule has 0 aliphatic rings. The molecule has 90 valence electrons. The van der Waals surface area contributed by atoms with Crippen LogP contribution in [0.2, 0.25) is 0 Å². The van der Waals surface area contributed by atoms with Gasteiger partial charge in [0.15, 0.2) is 0 Å². The standard InChI is InChI=1S/C12H14N2O3/c1-8(15)6-12(17)14-10-4-2-9(3-5-10)7-11(13)16/h2-5H,6-7H2,1H3,(H2,13,16)(H,14,17). The summed E-state index contributed by atoms with van der Waals surface area (Å²) in [7, 11) is 0. The first-order valence-corrected chi connectivity index (χ1v) is 5.14. The Kier molecular flexibility index (Phi) is 4.39. The topological polar surface area (TPSA) is 89.3 Å². The average molecular weight is 234 g/mol. The lowest BCUT2D eigenvalue weighted by atomic mass is 10.1. The van der Waals surface area contributed by atoms with Gasteiger partial charge in [-0.2, -0.15) is 0 Å². The second kappa shape index (κ2) is 5.79. The second-order valence-corrected chi connectivity index (χ2v) is 3.77. The molecule has 1 aromatic rings. The van der Waals surface area contributed by atoms with Crippen LogP contribution in [0.1, 0.15) is 18.9 Å². The van der Waals surface area contributed by atoms with E-state index in [0.29, 0.717) is 5.69 Å². The van der Waals surface area contributed by atoms with Crippen LogP contribution in [-0.2, 0) is 20.8 Å². The van der Waals surface area contributed by atoms with E-state index in [1.807, 2.05) is 0 Å². The Morgan fingerprint density at radius 3 is 2.24 bits per heavy atom. The van der Waals surface area contributed by atoms with E-state index >= 15 is 0 Å². The number of amides is 2. The fraction of sp³-hybridized carbons (Fsp3) is 0.250. The molecule has 0 aliphatic heterocycles. The molecule has 0 aliphatic carbocycles. The minimum atomic E-state index is -0.404. The van der Waals surface area contributed by atoms with E-state index in [1.165, 1.54) is 6.92 Å². The second-order valence-electron chi connectivity index (χ2n) is 3.77. The van der Waals surface area contributed by atoms with Gasteiger partial charge in [0.25, 0.3) is 0 Å². The molecule has 0 atom stereocenters. The highest BCUT2D eigenvalue weighted by Gasteiger charge is 2.05. The number of hydrogen-bond donors (Lipinski definition) is 2. The molecule has 0 bridgehead atoms. The summed E-state index contributed by atoms with van der Waals surface area (Å²) in [6, 6.07) is 6.73. The summed E-state index contributed by atoms with van der Waals surface area (Å²) in [4.78, 5) is 32.7. The number of nitrogens with two attached hydrogens (primary N) is 1. The lowest BCUT2D eigenvalue weighted by Crippen LogP contribution is -2.15. The van der Waals surface area contributed by atoms with Crippen molar-refractivity contribution in [3.05, 3.63) is 29.8 Å². The summed E-state index contributed by atoms with van der Waals surface area (Å²) in [5, 5.41) is 2.58. The van der Waals surface area contributed by atoms with Crippen molar-refractivity contribution in [2.75, 3.05) is 5.32 Å². The van der Waals surface area contributed by atoms with Gasteiger partial charge in [0, 0.05) is 5.69 Å². The number of ketones is 1. The molecule has 2 amide bonds. The van der Waals surface area contributed by atoms with Crippen LogP contribution in [0.15, 0.2) is 24.3 Å². The fourth-order valence-corrected chi connectivity index (χ4v) is 1.34. The molecular formula is C12H14N2O3. The highest BCUT2D eigenvalue weighted by atomic mass is 16.2. The van der Waals surface area contributed by atoms with Crippen molar-refractivity contribution in [2.45, 2.75) is 19.8 Å².